The smallest absolute Gasteiger partial charge is 0.250 e. The van der Waals surface area contributed by atoms with Gasteiger partial charge in [-0.25, -0.2) is 0 Å². The lowest BCUT2D eigenvalue weighted by Gasteiger charge is -2.42. The molecule has 1 aromatic heterocycles. The molecular formula is C29H36N2O. The van der Waals surface area contributed by atoms with Crippen molar-refractivity contribution in [3.8, 4) is 11.3 Å². The van der Waals surface area contributed by atoms with Crippen LogP contribution in [0.4, 0.5) is 0 Å². The molecule has 0 aliphatic heterocycles. The van der Waals surface area contributed by atoms with Gasteiger partial charge in [0.2, 0.25) is 0 Å². The average molecular weight is 429 g/mol. The Bertz CT molecular complexity index is 1140. The molecule has 3 aromatic rings. The molecule has 0 unspecified atom stereocenters. The van der Waals surface area contributed by atoms with Crippen molar-refractivity contribution in [1.29, 1.82) is 0 Å². The molecule has 0 atom stereocenters. The molecule has 2 N–H and O–H groups in total. The van der Waals surface area contributed by atoms with E-state index in [1.807, 2.05) is 13.0 Å². The number of benzene rings is 2. The summed E-state index contributed by atoms with van der Waals surface area (Å²) in [5, 5.41) is 0. The van der Waals surface area contributed by atoms with Crippen molar-refractivity contribution in [3.63, 3.8) is 0 Å². The number of aromatic nitrogens is 1. The number of nitrogens with zero attached hydrogens (tertiary/aromatic N) is 1. The molecule has 2 aromatic carbocycles. The van der Waals surface area contributed by atoms with Crippen molar-refractivity contribution in [2.75, 3.05) is 0 Å². The quantitative estimate of drug-likeness (QED) is 0.476. The Morgan fingerprint density at radius 3 is 2.25 bits per heavy atom. The van der Waals surface area contributed by atoms with Crippen LogP contribution in [0.1, 0.15) is 79.7 Å². The Morgan fingerprint density at radius 2 is 1.59 bits per heavy atom. The van der Waals surface area contributed by atoms with Crippen molar-refractivity contribution in [1.82, 2.24) is 4.57 Å². The minimum Gasteiger partial charge on any atom is -0.366 e. The van der Waals surface area contributed by atoms with Crippen LogP contribution in [0.2, 0.25) is 0 Å². The third-order valence-corrected chi connectivity index (χ3v) is 7.47. The average Bonchev–Trinajstić information content (AvgIpc) is 3.09. The van der Waals surface area contributed by atoms with Crippen LogP contribution < -0.4 is 5.73 Å². The summed E-state index contributed by atoms with van der Waals surface area (Å²) in [5.74, 6) is -0.356. The highest BCUT2D eigenvalue weighted by Gasteiger charge is 2.37. The maximum absolute atomic E-state index is 12.1. The van der Waals surface area contributed by atoms with E-state index >= 15 is 0 Å². The van der Waals surface area contributed by atoms with Gasteiger partial charge in [-0.15, -0.1) is 0 Å². The Labute approximate surface area is 192 Å². The van der Waals surface area contributed by atoms with Crippen LogP contribution in [0.3, 0.4) is 0 Å². The molecule has 0 fully saturated rings. The van der Waals surface area contributed by atoms with Crippen molar-refractivity contribution in [3.05, 3.63) is 82.5 Å². The minimum atomic E-state index is -0.356. The van der Waals surface area contributed by atoms with E-state index in [-0.39, 0.29) is 16.7 Å². The summed E-state index contributed by atoms with van der Waals surface area (Å²) in [6.07, 6.45) is 4.40. The Morgan fingerprint density at radius 1 is 0.938 bits per heavy atom. The fourth-order valence-electron chi connectivity index (χ4n) is 5.26. The fourth-order valence-corrected chi connectivity index (χ4v) is 5.26. The zero-order valence-corrected chi connectivity index (χ0v) is 20.2. The summed E-state index contributed by atoms with van der Waals surface area (Å²) in [7, 11) is 0. The molecule has 0 saturated carbocycles. The molecule has 3 nitrogen and oxygen atoms in total. The molecule has 1 aliphatic rings. The van der Waals surface area contributed by atoms with E-state index in [0.717, 1.165) is 30.8 Å². The zero-order chi connectivity index (χ0) is 23.1. The van der Waals surface area contributed by atoms with Crippen LogP contribution in [0, 0.1) is 6.92 Å². The van der Waals surface area contributed by atoms with E-state index in [9.17, 15) is 4.79 Å². The first-order valence-corrected chi connectivity index (χ1v) is 11.8. The van der Waals surface area contributed by atoms with E-state index < -0.39 is 0 Å². The molecule has 1 heterocycles. The molecule has 32 heavy (non-hydrogen) atoms. The van der Waals surface area contributed by atoms with Gasteiger partial charge >= 0.3 is 0 Å². The SMILES string of the molecule is Cc1c(C(N)=O)cc(-c2ccc3c(c2)C(C)(C)CCC3(C)C)n1CCCc1ccccc1. The summed E-state index contributed by atoms with van der Waals surface area (Å²) in [4.78, 5) is 12.1. The van der Waals surface area contributed by atoms with Crippen LogP contribution in [0.5, 0.6) is 0 Å². The second kappa shape index (κ2) is 8.27. The van der Waals surface area contributed by atoms with Gasteiger partial charge < -0.3 is 10.3 Å². The molecule has 3 heteroatoms. The third-order valence-electron chi connectivity index (χ3n) is 7.47. The van der Waals surface area contributed by atoms with Gasteiger partial charge in [0.05, 0.1) is 5.56 Å². The van der Waals surface area contributed by atoms with Crippen molar-refractivity contribution < 1.29 is 4.79 Å². The Kier molecular flexibility index (Phi) is 5.79. The molecule has 0 spiro atoms. The number of carbonyl (C=O) groups is 1. The number of hydrogen-bond acceptors (Lipinski definition) is 1. The predicted molar refractivity (Wildman–Crippen MR) is 133 cm³/mol. The molecule has 1 aliphatic carbocycles. The highest BCUT2D eigenvalue weighted by Crippen LogP contribution is 2.47. The first-order valence-electron chi connectivity index (χ1n) is 11.8. The van der Waals surface area contributed by atoms with Crippen LogP contribution in [-0.4, -0.2) is 10.5 Å². The normalized spacial score (nSPS) is 16.5. The third kappa shape index (κ3) is 4.13. The topological polar surface area (TPSA) is 48.0 Å². The highest BCUT2D eigenvalue weighted by atomic mass is 16.1. The molecule has 0 bridgehead atoms. The molecule has 0 saturated heterocycles. The second-order valence-corrected chi connectivity index (χ2v) is 10.7. The summed E-state index contributed by atoms with van der Waals surface area (Å²) >= 11 is 0. The van der Waals surface area contributed by atoms with Gasteiger partial charge in [-0.05, 0) is 77.8 Å². The van der Waals surface area contributed by atoms with E-state index in [1.165, 1.54) is 35.1 Å². The van der Waals surface area contributed by atoms with Crippen LogP contribution in [0.15, 0.2) is 54.6 Å². The maximum atomic E-state index is 12.1. The van der Waals surface area contributed by atoms with E-state index in [4.69, 9.17) is 5.73 Å². The van der Waals surface area contributed by atoms with Crippen molar-refractivity contribution in [2.24, 2.45) is 5.73 Å². The number of primary amides is 1. The van der Waals surface area contributed by atoms with Crippen molar-refractivity contribution in [2.45, 2.75) is 77.7 Å². The first-order chi connectivity index (χ1) is 15.1. The van der Waals surface area contributed by atoms with Gasteiger partial charge in [0.25, 0.3) is 5.91 Å². The lowest BCUT2D eigenvalue weighted by atomic mass is 9.63. The number of carbonyl (C=O) groups excluding carboxylic acids is 1. The maximum Gasteiger partial charge on any atom is 0.250 e. The molecule has 1 amide bonds. The van der Waals surface area contributed by atoms with E-state index in [2.05, 4.69) is 80.8 Å². The van der Waals surface area contributed by atoms with Gasteiger partial charge in [0, 0.05) is 17.9 Å². The number of hydrogen-bond donors (Lipinski definition) is 1. The number of nitrogens with two attached hydrogens (primary N) is 1. The monoisotopic (exact) mass is 428 g/mol. The first kappa shape index (κ1) is 22.4. The minimum absolute atomic E-state index is 0.146. The van der Waals surface area contributed by atoms with Crippen LogP contribution >= 0.6 is 0 Å². The number of rotatable bonds is 6. The fraction of sp³-hybridized carbons (Fsp3) is 0.414. The summed E-state index contributed by atoms with van der Waals surface area (Å²) in [6.45, 7) is 12.3. The van der Waals surface area contributed by atoms with Crippen LogP contribution in [0.25, 0.3) is 11.3 Å². The zero-order valence-electron chi connectivity index (χ0n) is 20.2. The lowest BCUT2D eigenvalue weighted by molar-refractivity contribution is 0.0999. The number of aryl methyl sites for hydroxylation is 1. The predicted octanol–water partition coefficient (Wildman–Crippen LogP) is 6.54. The van der Waals surface area contributed by atoms with Gasteiger partial charge in [0.1, 0.15) is 0 Å². The van der Waals surface area contributed by atoms with Gasteiger partial charge in [-0.1, -0.05) is 70.2 Å². The molecular weight excluding hydrogens is 392 g/mol. The second-order valence-electron chi connectivity index (χ2n) is 10.7. The highest BCUT2D eigenvalue weighted by molar-refractivity contribution is 5.95. The summed E-state index contributed by atoms with van der Waals surface area (Å²) < 4.78 is 2.28. The van der Waals surface area contributed by atoms with Crippen LogP contribution in [-0.2, 0) is 23.8 Å². The molecule has 0 radical (unpaired) electrons. The van der Waals surface area contributed by atoms with E-state index in [0.29, 0.717) is 5.56 Å². The summed E-state index contributed by atoms with van der Waals surface area (Å²) in [6, 6.07) is 19.5. The Balaban J connectivity index is 1.73. The number of amides is 1. The lowest BCUT2D eigenvalue weighted by Crippen LogP contribution is -2.33. The van der Waals surface area contributed by atoms with E-state index in [1.54, 1.807) is 0 Å². The van der Waals surface area contributed by atoms with Gasteiger partial charge in [0.15, 0.2) is 0 Å². The standard InChI is InChI=1S/C29H36N2O/c1-20-23(27(30)32)19-26(31(20)17-9-12-21-10-7-6-8-11-21)22-13-14-24-25(18-22)29(4,5)16-15-28(24,2)3/h6-8,10-11,13-14,18-19H,9,12,15-17H2,1-5H3,(H2,30,32). The van der Waals surface area contributed by atoms with Crippen molar-refractivity contribution >= 4 is 5.91 Å². The Hall–Kier alpha value is -2.81. The number of fused-ring (bicyclic) bond motifs is 1. The summed E-state index contributed by atoms with van der Waals surface area (Å²) in [5.41, 5.74) is 14.1. The van der Waals surface area contributed by atoms with Gasteiger partial charge in [-0.2, -0.15) is 0 Å². The largest absolute Gasteiger partial charge is 0.366 e. The molecule has 4 rings (SSSR count). The molecule has 168 valence electrons. The van der Waals surface area contributed by atoms with Gasteiger partial charge in [-0.3, -0.25) is 4.79 Å².